The molecule has 0 N–H and O–H groups in total. The SMILES string of the molecule is CCSC1=C(c2cc3c(n2C)=NCC(C)(CF)C=3)[I-]c2ccccc21. The van der Waals surface area contributed by atoms with Gasteiger partial charge >= 0.3 is 163 Å². The Hall–Kier alpha value is -1.08. The Morgan fingerprint density at radius 1 is 1.36 bits per heavy atom. The summed E-state index contributed by atoms with van der Waals surface area (Å²) in [6.45, 7) is 4.32. The molecule has 3 heterocycles. The molecule has 0 amide bonds. The average molecular weight is 467 g/mol. The molecule has 0 radical (unpaired) electrons. The molecule has 1 unspecified atom stereocenters. The molecule has 4 rings (SSSR count). The molecule has 5 heteroatoms. The van der Waals surface area contributed by atoms with E-state index in [1.165, 1.54) is 23.3 Å². The van der Waals surface area contributed by atoms with E-state index in [-0.39, 0.29) is 27.9 Å². The first-order chi connectivity index (χ1) is 12.1. The fourth-order valence-corrected chi connectivity index (χ4v) is 8.13. The molecule has 1 aromatic heterocycles. The number of hydrogen-bond acceptors (Lipinski definition) is 2. The maximum atomic E-state index is 13.4. The van der Waals surface area contributed by atoms with E-state index in [9.17, 15) is 4.39 Å². The normalized spacial score (nSPS) is 21.9. The van der Waals surface area contributed by atoms with Crippen LogP contribution in [-0.2, 0) is 7.05 Å². The second kappa shape index (κ2) is 6.58. The van der Waals surface area contributed by atoms with Gasteiger partial charge in [-0.2, -0.15) is 0 Å². The van der Waals surface area contributed by atoms with E-state index in [1.807, 2.05) is 18.7 Å². The number of fused-ring (bicyclic) bond motifs is 2. The summed E-state index contributed by atoms with van der Waals surface area (Å²) >= 11 is 1.74. The summed E-state index contributed by atoms with van der Waals surface area (Å²) in [5, 5.41) is 1.08. The molecule has 0 fully saturated rings. The molecular formula is C20H21FIN2S-. The van der Waals surface area contributed by atoms with E-state index >= 15 is 0 Å². The van der Waals surface area contributed by atoms with Crippen LogP contribution in [0.15, 0.2) is 35.3 Å². The van der Waals surface area contributed by atoms with Gasteiger partial charge in [-0.3, -0.25) is 0 Å². The zero-order chi connectivity index (χ0) is 17.6. The fourth-order valence-electron chi connectivity index (χ4n) is 3.33. The first-order valence-corrected chi connectivity index (χ1v) is 11.6. The van der Waals surface area contributed by atoms with Crippen LogP contribution in [0.2, 0.25) is 0 Å². The Labute approximate surface area is 162 Å². The van der Waals surface area contributed by atoms with Gasteiger partial charge in [-0.25, -0.2) is 0 Å². The van der Waals surface area contributed by atoms with Crippen LogP contribution in [0, 0.1) is 8.99 Å². The van der Waals surface area contributed by atoms with Crippen molar-refractivity contribution in [2.75, 3.05) is 19.0 Å². The van der Waals surface area contributed by atoms with Crippen LogP contribution in [0.3, 0.4) is 0 Å². The van der Waals surface area contributed by atoms with Gasteiger partial charge in [0.15, 0.2) is 0 Å². The monoisotopic (exact) mass is 467 g/mol. The topological polar surface area (TPSA) is 17.3 Å². The third kappa shape index (κ3) is 2.89. The van der Waals surface area contributed by atoms with Gasteiger partial charge in [0.25, 0.3) is 0 Å². The number of nitrogens with zero attached hydrogens (tertiary/aromatic N) is 2. The molecule has 132 valence electrons. The Morgan fingerprint density at radius 3 is 2.92 bits per heavy atom. The van der Waals surface area contributed by atoms with Gasteiger partial charge in [-0.05, 0) is 0 Å². The van der Waals surface area contributed by atoms with Crippen LogP contribution in [0.1, 0.15) is 25.1 Å². The van der Waals surface area contributed by atoms with Crippen molar-refractivity contribution in [3.63, 3.8) is 0 Å². The van der Waals surface area contributed by atoms with E-state index in [4.69, 9.17) is 4.99 Å². The van der Waals surface area contributed by atoms with Crippen LogP contribution in [0.4, 0.5) is 4.39 Å². The summed E-state index contributed by atoms with van der Waals surface area (Å²) in [6.07, 6.45) is 2.08. The van der Waals surface area contributed by atoms with Crippen LogP contribution < -0.4 is 31.9 Å². The van der Waals surface area contributed by atoms with E-state index < -0.39 is 5.41 Å². The summed E-state index contributed by atoms with van der Waals surface area (Å²) < 4.78 is 18.6. The van der Waals surface area contributed by atoms with Gasteiger partial charge < -0.3 is 0 Å². The number of rotatable bonds is 4. The second-order valence-electron chi connectivity index (χ2n) is 6.77. The molecule has 1 atom stereocenters. The molecule has 1 aromatic carbocycles. The van der Waals surface area contributed by atoms with E-state index in [1.54, 1.807) is 0 Å². The third-order valence-corrected chi connectivity index (χ3v) is 9.18. The molecule has 2 aromatic rings. The van der Waals surface area contributed by atoms with Crippen molar-refractivity contribution in [3.05, 3.63) is 55.9 Å². The fraction of sp³-hybridized carbons (Fsp3) is 0.350. The first kappa shape index (κ1) is 17.3. The van der Waals surface area contributed by atoms with Gasteiger partial charge in [0.1, 0.15) is 0 Å². The quantitative estimate of drug-likeness (QED) is 0.591. The Bertz CT molecular complexity index is 992. The van der Waals surface area contributed by atoms with Gasteiger partial charge in [-0.15, -0.1) is 0 Å². The van der Waals surface area contributed by atoms with E-state index in [2.05, 4.69) is 54.9 Å². The molecule has 0 saturated heterocycles. The minimum absolute atomic E-state index is 0.201. The molecule has 0 saturated carbocycles. The van der Waals surface area contributed by atoms with Gasteiger partial charge in [0.05, 0.1) is 0 Å². The predicted octanol–water partition coefficient (Wildman–Crippen LogP) is 0.266. The molecule has 0 aliphatic carbocycles. The van der Waals surface area contributed by atoms with Crippen molar-refractivity contribution >= 4 is 26.3 Å². The zero-order valence-electron chi connectivity index (χ0n) is 14.6. The third-order valence-electron chi connectivity index (χ3n) is 4.66. The number of benzene rings is 1. The van der Waals surface area contributed by atoms with Gasteiger partial charge in [0, 0.05) is 0 Å². The van der Waals surface area contributed by atoms with Crippen molar-refractivity contribution in [2.24, 2.45) is 17.5 Å². The molecule has 2 aliphatic heterocycles. The second-order valence-corrected chi connectivity index (χ2v) is 10.8. The van der Waals surface area contributed by atoms with E-state index in [0.29, 0.717) is 6.54 Å². The van der Waals surface area contributed by atoms with Gasteiger partial charge in [0.2, 0.25) is 0 Å². The molecule has 0 bridgehead atoms. The Balaban J connectivity index is 1.90. The first-order valence-electron chi connectivity index (χ1n) is 8.47. The van der Waals surface area contributed by atoms with Crippen molar-refractivity contribution in [2.45, 2.75) is 13.8 Å². The molecule has 2 aliphatic rings. The molecule has 2 nitrogen and oxygen atoms in total. The van der Waals surface area contributed by atoms with Crippen LogP contribution in [-0.4, -0.2) is 23.5 Å². The van der Waals surface area contributed by atoms with E-state index in [0.717, 1.165) is 16.5 Å². The molecule has 0 spiro atoms. The standard InChI is InChI=1S/C20H21FIN2S/c1-4-25-18-14-7-5-6-8-15(14)22-17(18)16-9-13-10-20(2,11-21)12-23-19(13)24(16)3/h5-10H,4,11-12H2,1-3H3/q-1. The Morgan fingerprint density at radius 2 is 2.16 bits per heavy atom. The van der Waals surface area contributed by atoms with Crippen LogP contribution in [0.25, 0.3) is 14.6 Å². The number of thioether (sulfide) groups is 1. The number of hydrogen-bond donors (Lipinski definition) is 0. The summed E-state index contributed by atoms with van der Waals surface area (Å²) in [4.78, 5) is 6.13. The van der Waals surface area contributed by atoms with Crippen molar-refractivity contribution in [1.82, 2.24) is 4.57 Å². The average Bonchev–Trinajstić information content (AvgIpc) is 3.13. The minimum atomic E-state index is -0.464. The molecule has 25 heavy (non-hydrogen) atoms. The maximum absolute atomic E-state index is 13.4. The number of alkyl halides is 1. The summed E-state index contributed by atoms with van der Waals surface area (Å²) in [5.41, 5.74) is 3.20. The van der Waals surface area contributed by atoms with Crippen LogP contribution in [0.5, 0.6) is 0 Å². The molecular weight excluding hydrogens is 446 g/mol. The van der Waals surface area contributed by atoms with Crippen molar-refractivity contribution in [1.29, 1.82) is 0 Å². The van der Waals surface area contributed by atoms with Crippen LogP contribution >= 0.6 is 11.8 Å². The number of halogens is 2. The number of aromatic nitrogens is 1. The zero-order valence-corrected chi connectivity index (χ0v) is 17.6. The summed E-state index contributed by atoms with van der Waals surface area (Å²) in [6, 6.07) is 11.0. The summed E-state index contributed by atoms with van der Waals surface area (Å²) in [5.74, 6) is 1.07. The Kier molecular flexibility index (Phi) is 4.56. The van der Waals surface area contributed by atoms with Crippen molar-refractivity contribution in [3.8, 4) is 0 Å². The van der Waals surface area contributed by atoms with Crippen molar-refractivity contribution < 1.29 is 25.6 Å². The predicted molar refractivity (Wildman–Crippen MR) is 99.7 cm³/mol. The van der Waals surface area contributed by atoms with Gasteiger partial charge in [-0.1, -0.05) is 0 Å². The summed E-state index contributed by atoms with van der Waals surface area (Å²) in [7, 11) is 2.09.